The van der Waals surface area contributed by atoms with Crippen molar-refractivity contribution >= 4 is 56.7 Å². The fourth-order valence-corrected chi connectivity index (χ4v) is 10.4. The van der Waals surface area contributed by atoms with E-state index in [1.54, 1.807) is 81.7 Å². The zero-order valence-electron chi connectivity index (χ0n) is 53.7. The third-order valence-corrected chi connectivity index (χ3v) is 15.9. The summed E-state index contributed by atoms with van der Waals surface area (Å²) in [5, 5.41) is 23.3. The SMILES string of the molecule is C.C.C1CCOC1.CC[C@H](C)Nc1cc(F)c(C(=O)N[C@@H](Cc2ccc(-c3c(OC)cc(C)n(C)c3=O)c3ccccc23)C(=O)O)c(F)c1.CC[C@H](C)Nc1cc(F)c(C(=O)N[C@@H](Cc2ccc(-c3c(OC)cc(C)n(C)c3=O)c3ccccc23)C(=O)OC)c(F)c1.[Li+].[OH-]. The van der Waals surface area contributed by atoms with Gasteiger partial charge in [0, 0.05) is 87.1 Å². The number of aryl methyl sites for hydroxylation is 2. The Labute approximate surface area is 557 Å². The number of carboxylic acid groups (broad SMARTS) is 1. The fraction of sp³-hybridized carbons (Fsp3) is 0.352. The Morgan fingerprint density at radius 3 is 1.24 bits per heavy atom. The number of fused-ring (bicyclic) bond motifs is 2. The minimum absolute atomic E-state index is 0. The van der Waals surface area contributed by atoms with Gasteiger partial charge in [0.15, 0.2) is 0 Å². The van der Waals surface area contributed by atoms with Crippen LogP contribution in [0.1, 0.15) is 111 Å². The van der Waals surface area contributed by atoms with E-state index in [1.807, 2.05) is 58.9 Å². The maximum Gasteiger partial charge on any atom is 1.00 e. The summed E-state index contributed by atoms with van der Waals surface area (Å²) < 4.78 is 83.5. The van der Waals surface area contributed by atoms with Gasteiger partial charge in [0.05, 0.1) is 32.5 Å². The molecule has 2 amide bonds. The first kappa shape index (κ1) is 79.3. The van der Waals surface area contributed by atoms with Crippen LogP contribution in [0, 0.1) is 37.1 Å². The van der Waals surface area contributed by atoms with E-state index in [-0.39, 0.29) is 86.6 Å². The number of pyridine rings is 2. The number of aromatic nitrogens is 2. The number of nitrogens with one attached hydrogen (secondary N) is 4. The smallest absolute Gasteiger partial charge is 0.870 e. The second-order valence-corrected chi connectivity index (χ2v) is 22.0. The quantitative estimate of drug-likeness (QED) is 0.0271. The van der Waals surface area contributed by atoms with Crippen LogP contribution in [0.5, 0.6) is 11.5 Å². The summed E-state index contributed by atoms with van der Waals surface area (Å²) >= 11 is 0. The van der Waals surface area contributed by atoms with Crippen molar-refractivity contribution in [2.24, 2.45) is 14.1 Å². The number of methoxy groups -OCH3 is 3. The van der Waals surface area contributed by atoms with E-state index in [9.17, 15) is 51.4 Å². The largest absolute Gasteiger partial charge is 1.00 e. The summed E-state index contributed by atoms with van der Waals surface area (Å²) in [5.41, 5.74) is 2.85. The number of anilines is 2. The van der Waals surface area contributed by atoms with E-state index in [1.165, 1.54) is 43.3 Å². The average molecular weight is 1300 g/mol. The van der Waals surface area contributed by atoms with Crippen molar-refractivity contribution in [3.63, 3.8) is 0 Å². The van der Waals surface area contributed by atoms with Gasteiger partial charge in [-0.05, 0) is 121 Å². The molecule has 2 aromatic heterocycles. The maximum atomic E-state index is 14.9. The van der Waals surface area contributed by atoms with Crippen molar-refractivity contribution < 1.29 is 85.1 Å². The molecule has 1 saturated heterocycles. The monoisotopic (exact) mass is 1300 g/mol. The van der Waals surface area contributed by atoms with Crippen LogP contribution in [0.4, 0.5) is 28.9 Å². The van der Waals surface area contributed by atoms with Crippen molar-refractivity contribution in [1.82, 2.24) is 19.8 Å². The van der Waals surface area contributed by atoms with Crippen LogP contribution in [0.25, 0.3) is 43.8 Å². The number of ether oxygens (including phenoxy) is 4. The summed E-state index contributed by atoms with van der Waals surface area (Å²) in [7, 11) is 7.49. The number of halogens is 4. The number of esters is 1. The van der Waals surface area contributed by atoms with Crippen LogP contribution >= 0.6 is 0 Å². The van der Waals surface area contributed by atoms with Gasteiger partial charge >= 0.3 is 30.8 Å². The minimum Gasteiger partial charge on any atom is -0.870 e. The molecule has 0 bridgehead atoms. The molecule has 1 aliphatic rings. The zero-order chi connectivity index (χ0) is 65.7. The van der Waals surface area contributed by atoms with E-state index in [2.05, 4.69) is 21.3 Å². The average Bonchev–Trinajstić information content (AvgIpc) is 0.782. The first-order valence-electron chi connectivity index (χ1n) is 29.5. The molecule has 4 atom stereocenters. The minimum atomic E-state index is -1.50. The zero-order valence-corrected chi connectivity index (χ0v) is 53.7. The van der Waals surface area contributed by atoms with E-state index in [0.29, 0.717) is 61.0 Å². The Morgan fingerprint density at radius 2 is 0.926 bits per heavy atom. The molecule has 3 heterocycles. The van der Waals surface area contributed by atoms with Gasteiger partial charge in [-0.2, -0.15) is 0 Å². The molecule has 500 valence electrons. The van der Waals surface area contributed by atoms with Crippen molar-refractivity contribution in [2.75, 3.05) is 45.2 Å². The molecule has 0 radical (unpaired) electrons. The third-order valence-electron chi connectivity index (χ3n) is 15.9. The molecular formula is C71H85F4LiN6O12. The topological polar surface area (TPSA) is 248 Å². The molecule has 0 saturated carbocycles. The normalized spacial score (nSPS) is 12.6. The first-order chi connectivity index (χ1) is 43.0. The number of amides is 2. The molecule has 6 N–H and O–H groups in total. The molecule has 6 aromatic carbocycles. The van der Waals surface area contributed by atoms with Gasteiger partial charge < -0.3 is 59.9 Å². The number of carbonyl (C=O) groups excluding carboxylic acids is 3. The number of carboxylic acids is 1. The van der Waals surface area contributed by atoms with Crippen molar-refractivity contribution in [3.8, 4) is 33.8 Å². The number of rotatable bonds is 20. The van der Waals surface area contributed by atoms with Gasteiger partial charge in [0.1, 0.15) is 58.0 Å². The molecule has 0 unspecified atom stereocenters. The van der Waals surface area contributed by atoms with E-state index < -0.39 is 70.2 Å². The van der Waals surface area contributed by atoms with Crippen LogP contribution < -0.4 is 60.7 Å². The number of hydrogen-bond donors (Lipinski definition) is 5. The second kappa shape index (κ2) is 35.9. The summed E-state index contributed by atoms with van der Waals surface area (Å²) in [6, 6.07) is 26.2. The van der Waals surface area contributed by atoms with Gasteiger partial charge in [-0.15, -0.1) is 0 Å². The van der Waals surface area contributed by atoms with Gasteiger partial charge in [-0.3, -0.25) is 19.2 Å². The maximum absolute atomic E-state index is 14.9. The van der Waals surface area contributed by atoms with Crippen molar-refractivity contribution in [1.29, 1.82) is 0 Å². The Balaban J connectivity index is 0.000000438. The van der Waals surface area contributed by atoms with Gasteiger partial charge in [-0.1, -0.05) is 101 Å². The van der Waals surface area contributed by atoms with E-state index in [4.69, 9.17) is 18.9 Å². The third kappa shape index (κ3) is 18.5. The number of hydrogen-bond acceptors (Lipinski definition) is 13. The Morgan fingerprint density at radius 1 is 0.574 bits per heavy atom. The van der Waals surface area contributed by atoms with Gasteiger partial charge in [-0.25, -0.2) is 27.2 Å². The molecule has 9 rings (SSSR count). The Kier molecular flexibility index (Phi) is 30.3. The number of aliphatic carboxylic acids is 1. The van der Waals surface area contributed by atoms with E-state index in [0.717, 1.165) is 67.1 Å². The van der Waals surface area contributed by atoms with Crippen LogP contribution in [0.3, 0.4) is 0 Å². The molecule has 1 fully saturated rings. The predicted octanol–water partition coefficient (Wildman–Crippen LogP) is 9.86. The van der Waals surface area contributed by atoms with Crippen LogP contribution in [-0.2, 0) is 46.0 Å². The van der Waals surface area contributed by atoms with Gasteiger partial charge in [0.25, 0.3) is 22.9 Å². The molecular weight excluding hydrogens is 1210 g/mol. The second-order valence-electron chi connectivity index (χ2n) is 22.0. The van der Waals surface area contributed by atoms with Crippen LogP contribution in [0.2, 0.25) is 0 Å². The molecule has 8 aromatic rings. The van der Waals surface area contributed by atoms with Crippen molar-refractivity contribution in [3.05, 3.63) is 187 Å². The van der Waals surface area contributed by atoms with Crippen LogP contribution in [-0.4, -0.2) is 102 Å². The number of benzene rings is 6. The fourth-order valence-electron chi connectivity index (χ4n) is 10.4. The van der Waals surface area contributed by atoms with E-state index >= 15 is 0 Å². The molecule has 1 aliphatic heterocycles. The summed E-state index contributed by atoms with van der Waals surface area (Å²) in [6.45, 7) is 13.2. The van der Waals surface area contributed by atoms with Crippen LogP contribution in [0.15, 0.2) is 119 Å². The molecule has 94 heavy (non-hydrogen) atoms. The molecule has 18 nitrogen and oxygen atoms in total. The standard InChI is InChI=1S/C33H35F2N3O5.C32H33F2N3O5.C4H8O.2CH4.Li.H2O/c1-7-18(2)36-21-16-25(34)30(26(35)17-21)31(39)37-27(33(41)43-6)15-20-12-13-24(23-11-9-8-10-22(20)23)29-28(42-5)14-19(3)38(4)32(29)40;1-6-17(2)35-20-15-24(33)29(25(34)16-20)30(38)36-26(32(40)41)14-19-11-12-23(22-10-8-7-9-21(19)22)28-27(42-5)13-18(3)37(4)31(28)39;1-2-4-5-3-1;;;;/h8-14,16-18,27,36H,7,15H2,1-6H3,(H,37,39);7-13,15-17,26,35H,6,14H2,1-5H3,(H,36,38)(H,40,41);1-4H2;2*1H4;;1H2/q;;;;;+1;/p-1/t18-,27-;17-,26-;;;;;/m00...../s1. The Bertz CT molecular complexity index is 4050. The first-order valence-corrected chi connectivity index (χ1v) is 29.5. The molecule has 0 spiro atoms. The summed E-state index contributed by atoms with van der Waals surface area (Å²) in [5.74, 6) is -7.93. The van der Waals surface area contributed by atoms with Crippen molar-refractivity contribution in [2.45, 2.75) is 119 Å². The number of nitrogens with zero attached hydrogens (tertiary/aromatic N) is 2. The molecule has 0 aliphatic carbocycles. The van der Waals surface area contributed by atoms with Gasteiger partial charge in [0.2, 0.25) is 0 Å². The summed E-state index contributed by atoms with van der Waals surface area (Å²) in [6.07, 6.45) is 3.79. The summed E-state index contributed by atoms with van der Waals surface area (Å²) in [4.78, 5) is 77.6. The Hall–Kier alpha value is -8.94. The number of carbonyl (C=O) groups is 4. The predicted molar refractivity (Wildman–Crippen MR) is 356 cm³/mol. The molecule has 23 heteroatoms.